The molecule has 0 aliphatic rings. The molecule has 0 atom stereocenters. The van der Waals surface area contributed by atoms with Gasteiger partial charge in [-0.15, -0.1) is 0 Å². The summed E-state index contributed by atoms with van der Waals surface area (Å²) in [5, 5.41) is 4.83. The fraction of sp³-hybridized carbons (Fsp3) is 0. The van der Waals surface area contributed by atoms with Crippen LogP contribution in [0.15, 0.2) is 48.8 Å². The van der Waals surface area contributed by atoms with Crippen molar-refractivity contribution in [3.8, 4) is 0 Å². The summed E-state index contributed by atoms with van der Waals surface area (Å²) < 4.78 is 66.0. The summed E-state index contributed by atoms with van der Waals surface area (Å²) >= 11 is 0. The second-order valence-electron chi connectivity index (χ2n) is 5.39. The third kappa shape index (κ3) is 4.02. The molecule has 2 N–H and O–H groups in total. The molecule has 1 amide bonds. The largest absolute Gasteiger partial charge is 0.354 e. The molecule has 0 radical (unpaired) electrons. The smallest absolute Gasteiger partial charge is 0.257 e. The van der Waals surface area contributed by atoms with Gasteiger partial charge < -0.3 is 10.6 Å². The Morgan fingerprint density at radius 1 is 0.778 bits per heavy atom. The molecule has 2 aromatic carbocycles. The highest BCUT2D eigenvalue weighted by Gasteiger charge is 2.16. The average molecular weight is 379 g/mol. The van der Waals surface area contributed by atoms with E-state index in [4.69, 9.17) is 0 Å². The first-order chi connectivity index (χ1) is 12.8. The Kier molecular flexibility index (Phi) is 5.02. The number of halogens is 5. The Morgan fingerprint density at radius 3 is 2.26 bits per heavy atom. The minimum absolute atomic E-state index is 0.0354. The van der Waals surface area contributed by atoms with Gasteiger partial charge in [0.1, 0.15) is 0 Å². The third-order valence-electron chi connectivity index (χ3n) is 3.49. The maximum Gasteiger partial charge on any atom is 0.257 e. The number of hydrogen-bond acceptors (Lipinski definition) is 3. The predicted molar refractivity (Wildman–Crippen MR) is 88.1 cm³/mol. The number of nitrogens with zero attached hydrogens (tertiary/aromatic N) is 1. The van der Waals surface area contributed by atoms with Crippen LogP contribution in [0.4, 0.5) is 39.0 Å². The molecular formula is C18H10F5N3O. The van der Waals surface area contributed by atoms with E-state index in [0.29, 0.717) is 6.07 Å². The Labute approximate surface area is 149 Å². The SMILES string of the molecule is O=C(Nc1ccc(F)c(F)c1F)c1cncc(Nc2ccc(F)c(F)c2)c1. The molecule has 27 heavy (non-hydrogen) atoms. The highest BCUT2D eigenvalue weighted by molar-refractivity contribution is 6.04. The molecule has 0 spiro atoms. The lowest BCUT2D eigenvalue weighted by molar-refractivity contribution is 0.102. The summed E-state index contributed by atoms with van der Waals surface area (Å²) in [4.78, 5) is 16.0. The van der Waals surface area contributed by atoms with Gasteiger partial charge in [0.2, 0.25) is 0 Å². The van der Waals surface area contributed by atoms with Gasteiger partial charge in [-0.3, -0.25) is 9.78 Å². The van der Waals surface area contributed by atoms with Crippen LogP contribution in [0.2, 0.25) is 0 Å². The van der Waals surface area contributed by atoms with Crippen molar-refractivity contribution >= 4 is 23.0 Å². The Balaban J connectivity index is 1.79. The highest BCUT2D eigenvalue weighted by atomic mass is 19.2. The van der Waals surface area contributed by atoms with Crippen LogP contribution in [0.25, 0.3) is 0 Å². The number of aromatic nitrogens is 1. The van der Waals surface area contributed by atoms with E-state index >= 15 is 0 Å². The number of carbonyl (C=O) groups is 1. The van der Waals surface area contributed by atoms with Crippen LogP contribution >= 0.6 is 0 Å². The zero-order chi connectivity index (χ0) is 19.6. The van der Waals surface area contributed by atoms with Gasteiger partial charge in [-0.2, -0.15) is 0 Å². The van der Waals surface area contributed by atoms with Gasteiger partial charge >= 0.3 is 0 Å². The number of rotatable bonds is 4. The highest BCUT2D eigenvalue weighted by Crippen LogP contribution is 2.22. The molecule has 4 nitrogen and oxygen atoms in total. The molecule has 3 aromatic rings. The Morgan fingerprint density at radius 2 is 1.52 bits per heavy atom. The monoisotopic (exact) mass is 379 g/mol. The molecule has 3 rings (SSSR count). The minimum atomic E-state index is -1.71. The molecule has 0 aliphatic carbocycles. The standard InChI is InChI=1S/C18H10F5N3O/c19-12-2-1-10(6-14(12)21)25-11-5-9(7-24-8-11)18(27)26-15-4-3-13(20)16(22)17(15)23/h1-8,25H,(H,26,27). The van der Waals surface area contributed by atoms with Crippen molar-refractivity contribution in [2.45, 2.75) is 0 Å². The van der Waals surface area contributed by atoms with Crippen LogP contribution < -0.4 is 10.6 Å². The molecule has 0 bridgehead atoms. The number of nitrogens with one attached hydrogen (secondary N) is 2. The zero-order valence-electron chi connectivity index (χ0n) is 13.4. The number of carbonyl (C=O) groups excluding carboxylic acids is 1. The third-order valence-corrected chi connectivity index (χ3v) is 3.49. The summed E-state index contributed by atoms with van der Waals surface area (Å²) in [5.74, 6) is -7.53. The fourth-order valence-corrected chi connectivity index (χ4v) is 2.19. The Hall–Kier alpha value is -3.49. The number of anilines is 3. The van der Waals surface area contributed by atoms with E-state index in [1.165, 1.54) is 18.3 Å². The van der Waals surface area contributed by atoms with Crippen molar-refractivity contribution in [3.05, 3.63) is 83.4 Å². The van der Waals surface area contributed by atoms with Crippen LogP contribution in [0, 0.1) is 29.1 Å². The van der Waals surface area contributed by atoms with E-state index in [-0.39, 0.29) is 16.9 Å². The first-order valence-electron chi connectivity index (χ1n) is 7.47. The normalized spacial score (nSPS) is 10.6. The summed E-state index contributed by atoms with van der Waals surface area (Å²) in [6, 6.07) is 5.98. The number of hydrogen-bond donors (Lipinski definition) is 2. The predicted octanol–water partition coefficient (Wildman–Crippen LogP) is 4.77. The van der Waals surface area contributed by atoms with Crippen LogP contribution in [-0.4, -0.2) is 10.9 Å². The van der Waals surface area contributed by atoms with Gasteiger partial charge in [-0.1, -0.05) is 0 Å². The lowest BCUT2D eigenvalue weighted by Crippen LogP contribution is -2.14. The van der Waals surface area contributed by atoms with Crippen molar-refractivity contribution in [2.75, 3.05) is 10.6 Å². The van der Waals surface area contributed by atoms with Crippen LogP contribution in [-0.2, 0) is 0 Å². The summed E-state index contributed by atoms with van der Waals surface area (Å²) in [7, 11) is 0. The van der Waals surface area contributed by atoms with Gasteiger partial charge in [-0.25, -0.2) is 22.0 Å². The topological polar surface area (TPSA) is 54.0 Å². The molecule has 0 fully saturated rings. The van der Waals surface area contributed by atoms with Crippen molar-refractivity contribution < 1.29 is 26.7 Å². The van der Waals surface area contributed by atoms with Crippen LogP contribution in [0.5, 0.6) is 0 Å². The van der Waals surface area contributed by atoms with Gasteiger partial charge in [0.25, 0.3) is 5.91 Å². The van der Waals surface area contributed by atoms with E-state index in [0.717, 1.165) is 24.4 Å². The lowest BCUT2D eigenvalue weighted by atomic mass is 10.2. The van der Waals surface area contributed by atoms with Gasteiger partial charge in [0.15, 0.2) is 29.1 Å². The first kappa shape index (κ1) is 18.3. The van der Waals surface area contributed by atoms with E-state index in [1.54, 1.807) is 0 Å². The zero-order valence-corrected chi connectivity index (χ0v) is 13.4. The van der Waals surface area contributed by atoms with Crippen molar-refractivity contribution in [1.82, 2.24) is 4.98 Å². The molecule has 0 unspecified atom stereocenters. The lowest BCUT2D eigenvalue weighted by Gasteiger charge is -2.10. The van der Waals surface area contributed by atoms with E-state index in [9.17, 15) is 26.7 Å². The van der Waals surface area contributed by atoms with Gasteiger partial charge in [0.05, 0.1) is 23.1 Å². The second-order valence-corrected chi connectivity index (χ2v) is 5.39. The molecular weight excluding hydrogens is 369 g/mol. The molecule has 9 heteroatoms. The molecule has 1 heterocycles. The summed E-state index contributed by atoms with van der Waals surface area (Å²) in [6.45, 7) is 0. The second kappa shape index (κ2) is 7.40. The molecule has 0 saturated carbocycles. The van der Waals surface area contributed by atoms with Crippen molar-refractivity contribution in [2.24, 2.45) is 0 Å². The van der Waals surface area contributed by atoms with E-state index < -0.39 is 40.7 Å². The summed E-state index contributed by atoms with van der Waals surface area (Å²) in [5.41, 5.74) is -0.107. The average Bonchev–Trinajstić information content (AvgIpc) is 2.65. The maximum atomic E-state index is 13.7. The number of benzene rings is 2. The van der Waals surface area contributed by atoms with Crippen molar-refractivity contribution in [1.29, 1.82) is 0 Å². The number of amides is 1. The molecule has 0 aliphatic heterocycles. The van der Waals surface area contributed by atoms with Gasteiger partial charge in [-0.05, 0) is 30.3 Å². The van der Waals surface area contributed by atoms with Crippen LogP contribution in [0.1, 0.15) is 10.4 Å². The maximum absolute atomic E-state index is 13.7. The molecule has 138 valence electrons. The molecule has 0 saturated heterocycles. The van der Waals surface area contributed by atoms with Gasteiger partial charge in [0, 0.05) is 18.0 Å². The Bertz CT molecular complexity index is 1030. The van der Waals surface area contributed by atoms with E-state index in [1.807, 2.05) is 0 Å². The van der Waals surface area contributed by atoms with Crippen molar-refractivity contribution in [3.63, 3.8) is 0 Å². The minimum Gasteiger partial charge on any atom is -0.354 e. The number of pyridine rings is 1. The summed E-state index contributed by atoms with van der Waals surface area (Å²) in [6.07, 6.45) is 2.47. The molecule has 1 aromatic heterocycles. The quantitative estimate of drug-likeness (QED) is 0.507. The first-order valence-corrected chi connectivity index (χ1v) is 7.47. The van der Waals surface area contributed by atoms with Crippen LogP contribution in [0.3, 0.4) is 0 Å². The fourth-order valence-electron chi connectivity index (χ4n) is 2.19. The van der Waals surface area contributed by atoms with E-state index in [2.05, 4.69) is 15.6 Å².